The highest BCUT2D eigenvalue weighted by molar-refractivity contribution is 7.99. The quantitative estimate of drug-likeness (QED) is 0.504. The van der Waals surface area contributed by atoms with Crippen molar-refractivity contribution >= 4 is 29.1 Å². The molecular formula is C13H19ClN2S. The molecular weight excluding hydrogens is 252 g/mol. The van der Waals surface area contributed by atoms with Crippen molar-refractivity contribution in [1.29, 1.82) is 0 Å². The Balaban J connectivity index is 1.74. The fraction of sp³-hybridized carbons (Fsp3) is 0.538. The molecule has 1 aromatic carbocycles. The highest BCUT2D eigenvalue weighted by atomic mass is 35.5. The number of anilines is 1. The van der Waals surface area contributed by atoms with Gasteiger partial charge in [-0.3, -0.25) is 0 Å². The summed E-state index contributed by atoms with van der Waals surface area (Å²) in [5.41, 5.74) is 6.71. The lowest BCUT2D eigenvalue weighted by Crippen LogP contribution is -2.20. The summed E-state index contributed by atoms with van der Waals surface area (Å²) in [4.78, 5) is 3.58. The molecule has 1 aliphatic rings. The van der Waals surface area contributed by atoms with Crippen LogP contribution in [0.2, 0.25) is 5.02 Å². The van der Waals surface area contributed by atoms with Crippen molar-refractivity contribution in [2.75, 3.05) is 31.1 Å². The van der Waals surface area contributed by atoms with Gasteiger partial charge in [0, 0.05) is 10.6 Å². The summed E-state index contributed by atoms with van der Waals surface area (Å²) in [5.74, 6) is 1.09. The van der Waals surface area contributed by atoms with Gasteiger partial charge in [0.25, 0.3) is 0 Å². The van der Waals surface area contributed by atoms with Crippen LogP contribution >= 0.6 is 23.4 Å². The molecule has 0 bridgehead atoms. The topological polar surface area (TPSA) is 29.3 Å². The Morgan fingerprint density at radius 3 is 2.76 bits per heavy atom. The van der Waals surface area contributed by atoms with Crippen molar-refractivity contribution in [2.45, 2.75) is 24.2 Å². The number of nitrogen functional groups attached to an aromatic ring is 1. The zero-order chi connectivity index (χ0) is 12.1. The fourth-order valence-corrected chi connectivity index (χ4v) is 3.41. The van der Waals surface area contributed by atoms with Crippen LogP contribution in [0.4, 0.5) is 5.69 Å². The van der Waals surface area contributed by atoms with Crippen LogP contribution in [0.15, 0.2) is 23.1 Å². The number of halogens is 1. The van der Waals surface area contributed by atoms with E-state index >= 15 is 0 Å². The van der Waals surface area contributed by atoms with Gasteiger partial charge in [0.1, 0.15) is 0 Å². The first-order valence-corrected chi connectivity index (χ1v) is 7.53. The Morgan fingerprint density at radius 1 is 1.29 bits per heavy atom. The molecule has 1 aliphatic heterocycles. The van der Waals surface area contributed by atoms with E-state index in [0.29, 0.717) is 0 Å². The summed E-state index contributed by atoms with van der Waals surface area (Å²) in [6, 6.07) is 5.71. The Morgan fingerprint density at radius 2 is 2.06 bits per heavy atom. The zero-order valence-electron chi connectivity index (χ0n) is 9.99. The number of nitrogens with zero attached hydrogens (tertiary/aromatic N) is 1. The summed E-state index contributed by atoms with van der Waals surface area (Å²) in [6.45, 7) is 3.76. The lowest BCUT2D eigenvalue weighted by Gasteiger charge is -2.14. The van der Waals surface area contributed by atoms with Crippen molar-refractivity contribution in [3.63, 3.8) is 0 Å². The summed E-state index contributed by atoms with van der Waals surface area (Å²) in [5, 5.41) is 0.774. The number of thioether (sulfide) groups is 1. The first kappa shape index (κ1) is 13.1. The lowest BCUT2D eigenvalue weighted by molar-refractivity contribution is 0.341. The van der Waals surface area contributed by atoms with Gasteiger partial charge in [0.15, 0.2) is 0 Å². The molecule has 0 atom stereocenters. The zero-order valence-corrected chi connectivity index (χ0v) is 11.6. The Kier molecular flexibility index (Phi) is 5.01. The first-order chi connectivity index (χ1) is 8.27. The minimum absolute atomic E-state index is 0.774. The predicted molar refractivity (Wildman–Crippen MR) is 76.9 cm³/mol. The molecule has 2 nitrogen and oxygen atoms in total. The molecule has 0 spiro atoms. The average Bonchev–Trinajstić information content (AvgIpc) is 2.80. The van der Waals surface area contributed by atoms with E-state index in [2.05, 4.69) is 4.90 Å². The van der Waals surface area contributed by atoms with Crippen molar-refractivity contribution in [1.82, 2.24) is 4.90 Å². The van der Waals surface area contributed by atoms with Gasteiger partial charge in [-0.05, 0) is 56.8 Å². The van der Waals surface area contributed by atoms with Crippen molar-refractivity contribution in [2.24, 2.45) is 0 Å². The van der Waals surface area contributed by atoms with Gasteiger partial charge in [0.05, 0.1) is 5.02 Å². The number of likely N-dealkylation sites (tertiary alicyclic amines) is 1. The third-order valence-corrected chi connectivity index (χ3v) is 4.73. The highest BCUT2D eigenvalue weighted by Crippen LogP contribution is 2.32. The summed E-state index contributed by atoms with van der Waals surface area (Å²) < 4.78 is 0. The standard InChI is InChI=1S/C13H19ClN2S/c14-11-5-3-6-12(15)13(11)17-10-4-9-16-7-1-2-8-16/h3,5-6H,1-2,4,7-10,15H2. The molecule has 94 valence electrons. The maximum Gasteiger partial charge on any atom is 0.0562 e. The third-order valence-electron chi connectivity index (χ3n) is 3.06. The maximum atomic E-state index is 6.12. The minimum atomic E-state index is 0.774. The smallest absolute Gasteiger partial charge is 0.0562 e. The predicted octanol–water partition coefficient (Wildman–Crippen LogP) is 3.50. The second-order valence-electron chi connectivity index (χ2n) is 4.41. The van der Waals surface area contributed by atoms with Crippen LogP contribution < -0.4 is 5.73 Å². The van der Waals surface area contributed by atoms with Crippen molar-refractivity contribution in [3.8, 4) is 0 Å². The van der Waals surface area contributed by atoms with Crippen LogP contribution in [-0.4, -0.2) is 30.3 Å². The number of hydrogen-bond donors (Lipinski definition) is 1. The van der Waals surface area contributed by atoms with E-state index in [1.54, 1.807) is 11.8 Å². The van der Waals surface area contributed by atoms with Gasteiger partial charge in [0.2, 0.25) is 0 Å². The second-order valence-corrected chi connectivity index (χ2v) is 5.92. The van der Waals surface area contributed by atoms with Crippen molar-refractivity contribution in [3.05, 3.63) is 23.2 Å². The van der Waals surface area contributed by atoms with Crippen LogP contribution in [0.25, 0.3) is 0 Å². The molecule has 2 N–H and O–H groups in total. The molecule has 0 unspecified atom stereocenters. The normalized spacial score (nSPS) is 16.5. The molecule has 1 saturated heterocycles. The SMILES string of the molecule is Nc1cccc(Cl)c1SCCCN1CCCC1. The molecule has 0 saturated carbocycles. The number of hydrogen-bond acceptors (Lipinski definition) is 3. The number of nitrogens with two attached hydrogens (primary N) is 1. The van der Waals surface area contributed by atoms with Gasteiger partial charge in [-0.25, -0.2) is 0 Å². The lowest BCUT2D eigenvalue weighted by atomic mass is 10.3. The van der Waals surface area contributed by atoms with Crippen LogP contribution in [0.5, 0.6) is 0 Å². The van der Waals surface area contributed by atoms with E-state index < -0.39 is 0 Å². The third kappa shape index (κ3) is 3.80. The number of rotatable bonds is 5. The first-order valence-electron chi connectivity index (χ1n) is 6.16. The van der Waals surface area contributed by atoms with Gasteiger partial charge < -0.3 is 10.6 Å². The molecule has 1 heterocycles. The molecule has 1 aromatic rings. The van der Waals surface area contributed by atoms with E-state index in [-0.39, 0.29) is 0 Å². The Bertz CT molecular complexity index is 344. The molecule has 0 radical (unpaired) electrons. The monoisotopic (exact) mass is 270 g/mol. The molecule has 2 rings (SSSR count). The minimum Gasteiger partial charge on any atom is -0.398 e. The average molecular weight is 271 g/mol. The fourth-order valence-electron chi connectivity index (χ4n) is 2.15. The summed E-state index contributed by atoms with van der Waals surface area (Å²) >= 11 is 7.90. The van der Waals surface area contributed by atoms with E-state index in [4.69, 9.17) is 17.3 Å². The summed E-state index contributed by atoms with van der Waals surface area (Å²) in [6.07, 6.45) is 3.94. The molecule has 0 aromatic heterocycles. The second kappa shape index (κ2) is 6.53. The van der Waals surface area contributed by atoms with E-state index in [0.717, 1.165) is 21.4 Å². The van der Waals surface area contributed by atoms with Gasteiger partial charge in [-0.2, -0.15) is 0 Å². The Hall–Kier alpha value is -0.380. The van der Waals surface area contributed by atoms with Crippen LogP contribution in [0.3, 0.4) is 0 Å². The largest absolute Gasteiger partial charge is 0.398 e. The number of benzene rings is 1. The molecule has 4 heteroatoms. The van der Waals surface area contributed by atoms with Crippen LogP contribution in [0, 0.1) is 0 Å². The van der Waals surface area contributed by atoms with Gasteiger partial charge >= 0.3 is 0 Å². The maximum absolute atomic E-state index is 6.12. The molecule has 0 amide bonds. The van der Waals surface area contributed by atoms with E-state index in [1.807, 2.05) is 18.2 Å². The van der Waals surface area contributed by atoms with Crippen molar-refractivity contribution < 1.29 is 0 Å². The molecule has 0 aliphatic carbocycles. The van der Waals surface area contributed by atoms with Crippen LogP contribution in [0.1, 0.15) is 19.3 Å². The molecule has 1 fully saturated rings. The van der Waals surface area contributed by atoms with Gasteiger partial charge in [-0.1, -0.05) is 17.7 Å². The summed E-state index contributed by atoms with van der Waals surface area (Å²) in [7, 11) is 0. The highest BCUT2D eigenvalue weighted by Gasteiger charge is 2.11. The van der Waals surface area contributed by atoms with E-state index in [1.165, 1.54) is 38.9 Å². The van der Waals surface area contributed by atoms with Gasteiger partial charge in [-0.15, -0.1) is 11.8 Å². The molecule has 17 heavy (non-hydrogen) atoms. The van der Waals surface area contributed by atoms with Crippen LogP contribution in [-0.2, 0) is 0 Å². The Labute approximate surface area is 113 Å². The van der Waals surface area contributed by atoms with E-state index in [9.17, 15) is 0 Å².